The number of nitrogens with zero attached hydrogens (tertiary/aromatic N) is 2. The van der Waals surface area contributed by atoms with Gasteiger partial charge in [0.25, 0.3) is 11.5 Å². The van der Waals surface area contributed by atoms with E-state index in [1.165, 1.54) is 6.07 Å². The Morgan fingerprint density at radius 2 is 1.97 bits per heavy atom. The van der Waals surface area contributed by atoms with E-state index in [4.69, 9.17) is 4.42 Å². The van der Waals surface area contributed by atoms with Crippen LogP contribution in [0.1, 0.15) is 41.7 Å². The van der Waals surface area contributed by atoms with Crippen molar-refractivity contribution in [3.05, 3.63) is 82.1 Å². The molecule has 4 rings (SSSR count). The number of hydrogen-bond acceptors (Lipinski definition) is 5. The number of carbonyl (C=O) groups is 1. The molecular formula is C23H22N4O3. The zero-order valence-corrected chi connectivity index (χ0v) is 17.0. The normalized spacial score (nSPS) is 12.3. The van der Waals surface area contributed by atoms with Crippen molar-refractivity contribution in [2.24, 2.45) is 5.92 Å². The summed E-state index contributed by atoms with van der Waals surface area (Å²) < 4.78 is 5.57. The van der Waals surface area contributed by atoms with E-state index in [1.54, 1.807) is 36.5 Å². The Hall–Kier alpha value is -3.74. The second-order valence-corrected chi connectivity index (χ2v) is 7.54. The number of aromatic nitrogens is 3. The highest BCUT2D eigenvalue weighted by atomic mass is 16.3. The molecule has 0 aliphatic rings. The molecule has 1 amide bonds. The maximum Gasteiger partial charge on any atom is 0.251 e. The Morgan fingerprint density at radius 1 is 1.13 bits per heavy atom. The second kappa shape index (κ2) is 7.94. The number of furan rings is 1. The van der Waals surface area contributed by atoms with Gasteiger partial charge in [-0.25, -0.2) is 4.98 Å². The van der Waals surface area contributed by atoms with Gasteiger partial charge in [0, 0.05) is 23.2 Å². The lowest BCUT2D eigenvalue weighted by Crippen LogP contribution is -2.33. The lowest BCUT2D eigenvalue weighted by Gasteiger charge is -2.22. The van der Waals surface area contributed by atoms with Crippen LogP contribution in [0.15, 0.2) is 63.9 Å². The smallest absolute Gasteiger partial charge is 0.251 e. The average molecular weight is 402 g/mol. The third kappa shape index (κ3) is 4.00. The summed E-state index contributed by atoms with van der Waals surface area (Å²) in [5, 5.41) is 3.89. The van der Waals surface area contributed by atoms with E-state index in [9.17, 15) is 9.59 Å². The number of carbonyl (C=O) groups excluding carboxylic acids is 1. The number of H-pyrrole nitrogens is 1. The molecule has 0 unspecified atom stereocenters. The summed E-state index contributed by atoms with van der Waals surface area (Å²) in [4.78, 5) is 36.8. The molecule has 0 saturated carbocycles. The predicted molar refractivity (Wildman–Crippen MR) is 114 cm³/mol. The molecule has 0 saturated heterocycles. The van der Waals surface area contributed by atoms with Crippen LogP contribution in [0.4, 0.5) is 0 Å². The summed E-state index contributed by atoms with van der Waals surface area (Å²) >= 11 is 0. The van der Waals surface area contributed by atoms with Crippen molar-refractivity contribution < 1.29 is 9.21 Å². The largest absolute Gasteiger partial charge is 0.461 e. The standard InChI is InChI=1S/C23H22N4O3/c1-13(2)21(18-12-20(28)26-22(25-18)17-6-4-5-9-24-17)27-23(29)15-7-8-19-16(11-15)10-14(3)30-19/h4-13,21H,1-3H3,(H,27,29)(H,25,26,28)/t21-/m1/s1. The van der Waals surface area contributed by atoms with Crippen molar-refractivity contribution in [2.45, 2.75) is 26.8 Å². The molecule has 152 valence electrons. The maximum atomic E-state index is 13.0. The molecule has 1 atom stereocenters. The van der Waals surface area contributed by atoms with Crippen LogP contribution in [0.2, 0.25) is 0 Å². The summed E-state index contributed by atoms with van der Waals surface area (Å²) in [5.74, 6) is 0.932. The quantitative estimate of drug-likeness (QED) is 0.525. The molecule has 0 spiro atoms. The topological polar surface area (TPSA) is 101 Å². The zero-order chi connectivity index (χ0) is 21.3. The Bertz CT molecular complexity index is 1260. The van der Waals surface area contributed by atoms with Gasteiger partial charge in [-0.3, -0.25) is 14.6 Å². The number of amides is 1. The molecule has 0 aliphatic carbocycles. The Balaban J connectivity index is 1.66. The minimum Gasteiger partial charge on any atom is -0.461 e. The molecule has 0 radical (unpaired) electrons. The van der Waals surface area contributed by atoms with Gasteiger partial charge in [0.15, 0.2) is 5.82 Å². The fourth-order valence-corrected chi connectivity index (χ4v) is 3.38. The van der Waals surface area contributed by atoms with Gasteiger partial charge in [-0.1, -0.05) is 19.9 Å². The third-order valence-electron chi connectivity index (χ3n) is 4.84. The number of aromatic amines is 1. The molecule has 1 aromatic carbocycles. The highest BCUT2D eigenvalue weighted by Crippen LogP contribution is 2.23. The number of nitrogens with one attached hydrogen (secondary N) is 2. The fourth-order valence-electron chi connectivity index (χ4n) is 3.38. The average Bonchev–Trinajstić information content (AvgIpc) is 3.11. The molecule has 7 heteroatoms. The highest BCUT2D eigenvalue weighted by Gasteiger charge is 2.22. The van der Waals surface area contributed by atoms with E-state index in [2.05, 4.69) is 20.3 Å². The monoisotopic (exact) mass is 402 g/mol. The molecule has 2 N–H and O–H groups in total. The molecule has 0 aliphatic heterocycles. The summed E-state index contributed by atoms with van der Waals surface area (Å²) in [5.41, 5.74) is 2.01. The fraction of sp³-hybridized carbons (Fsp3) is 0.217. The van der Waals surface area contributed by atoms with Crippen LogP contribution in [0.25, 0.3) is 22.5 Å². The minimum atomic E-state index is -0.441. The zero-order valence-electron chi connectivity index (χ0n) is 17.0. The molecular weight excluding hydrogens is 380 g/mol. The van der Waals surface area contributed by atoms with E-state index in [-0.39, 0.29) is 17.4 Å². The number of benzene rings is 1. The molecule has 0 bridgehead atoms. The van der Waals surface area contributed by atoms with Crippen LogP contribution < -0.4 is 10.9 Å². The van der Waals surface area contributed by atoms with Crippen molar-refractivity contribution in [2.75, 3.05) is 0 Å². The van der Waals surface area contributed by atoms with Crippen molar-refractivity contribution >= 4 is 16.9 Å². The minimum absolute atomic E-state index is 0.0136. The SMILES string of the molecule is Cc1cc2cc(C(=O)N[C@@H](c3cc(=O)[nH]c(-c4ccccn4)n3)C(C)C)ccc2o1. The maximum absolute atomic E-state index is 13.0. The van der Waals surface area contributed by atoms with E-state index in [0.717, 1.165) is 16.7 Å². The van der Waals surface area contributed by atoms with Crippen molar-refractivity contribution in [3.63, 3.8) is 0 Å². The first-order chi connectivity index (χ1) is 14.4. The van der Waals surface area contributed by atoms with Crippen LogP contribution >= 0.6 is 0 Å². The van der Waals surface area contributed by atoms with Gasteiger partial charge in [0.2, 0.25) is 0 Å². The highest BCUT2D eigenvalue weighted by molar-refractivity contribution is 5.98. The van der Waals surface area contributed by atoms with Gasteiger partial charge >= 0.3 is 0 Å². The molecule has 30 heavy (non-hydrogen) atoms. The molecule has 3 heterocycles. The first-order valence-electron chi connectivity index (χ1n) is 9.74. The first kappa shape index (κ1) is 19.6. The summed E-state index contributed by atoms with van der Waals surface area (Å²) in [6.45, 7) is 5.81. The van der Waals surface area contributed by atoms with Crippen LogP contribution in [-0.2, 0) is 0 Å². The van der Waals surface area contributed by atoms with Crippen LogP contribution in [0.3, 0.4) is 0 Å². The lowest BCUT2D eigenvalue weighted by molar-refractivity contribution is 0.0924. The van der Waals surface area contributed by atoms with Gasteiger partial charge in [-0.15, -0.1) is 0 Å². The van der Waals surface area contributed by atoms with Crippen molar-refractivity contribution in [3.8, 4) is 11.5 Å². The number of fused-ring (bicyclic) bond motifs is 1. The van der Waals surface area contributed by atoms with Crippen molar-refractivity contribution in [1.82, 2.24) is 20.3 Å². The van der Waals surface area contributed by atoms with Gasteiger partial charge in [0.05, 0.1) is 11.7 Å². The number of pyridine rings is 1. The van der Waals surface area contributed by atoms with Gasteiger partial charge in [-0.05, 0) is 49.2 Å². The molecule has 3 aromatic heterocycles. The van der Waals surface area contributed by atoms with Gasteiger partial charge in [0.1, 0.15) is 17.0 Å². The predicted octanol–water partition coefficient (Wildman–Crippen LogP) is 4.01. The summed E-state index contributed by atoms with van der Waals surface area (Å²) in [6, 6.07) is 13.6. The Morgan fingerprint density at radius 3 is 2.70 bits per heavy atom. The van der Waals surface area contributed by atoms with Crippen LogP contribution in [0, 0.1) is 12.8 Å². The third-order valence-corrected chi connectivity index (χ3v) is 4.84. The number of rotatable bonds is 5. The number of hydrogen-bond donors (Lipinski definition) is 2. The lowest BCUT2D eigenvalue weighted by atomic mass is 9.99. The number of aryl methyl sites for hydroxylation is 1. The van der Waals surface area contributed by atoms with Gasteiger partial charge < -0.3 is 14.7 Å². The first-order valence-corrected chi connectivity index (χ1v) is 9.74. The van der Waals surface area contributed by atoms with Crippen molar-refractivity contribution in [1.29, 1.82) is 0 Å². The molecule has 0 fully saturated rings. The van der Waals surface area contributed by atoms with E-state index < -0.39 is 6.04 Å². The molecule has 4 aromatic rings. The van der Waals surface area contributed by atoms with E-state index in [1.807, 2.05) is 32.9 Å². The summed E-state index contributed by atoms with van der Waals surface area (Å²) in [6.07, 6.45) is 1.64. The van der Waals surface area contributed by atoms with E-state index in [0.29, 0.717) is 22.8 Å². The van der Waals surface area contributed by atoms with Crippen LogP contribution in [0.5, 0.6) is 0 Å². The Labute approximate surface area is 173 Å². The Kier molecular flexibility index (Phi) is 5.18. The van der Waals surface area contributed by atoms with Gasteiger partial charge in [-0.2, -0.15) is 0 Å². The second-order valence-electron chi connectivity index (χ2n) is 7.54. The van der Waals surface area contributed by atoms with Crippen LogP contribution in [-0.4, -0.2) is 20.9 Å². The summed E-state index contributed by atoms with van der Waals surface area (Å²) in [7, 11) is 0. The van der Waals surface area contributed by atoms with E-state index >= 15 is 0 Å². The molecule has 7 nitrogen and oxygen atoms in total.